The first-order valence-electron chi connectivity index (χ1n) is 9.54. The van der Waals surface area contributed by atoms with Gasteiger partial charge in [0, 0.05) is 50.3 Å². The summed E-state index contributed by atoms with van der Waals surface area (Å²) in [5.41, 5.74) is 1.59. The van der Waals surface area contributed by atoms with Crippen LogP contribution in [0.3, 0.4) is 0 Å². The van der Waals surface area contributed by atoms with Crippen molar-refractivity contribution in [2.24, 2.45) is 5.92 Å². The molecule has 0 N–H and O–H groups in total. The van der Waals surface area contributed by atoms with Crippen LogP contribution < -0.4 is 4.90 Å². The topological polar surface area (TPSA) is 33.4 Å². The zero-order valence-electron chi connectivity index (χ0n) is 14.8. The molecule has 5 rings (SSSR count). The van der Waals surface area contributed by atoms with Crippen molar-refractivity contribution in [1.29, 1.82) is 0 Å². The van der Waals surface area contributed by atoms with Gasteiger partial charge in [0.1, 0.15) is 11.5 Å². The molecular formula is C21H23FN4. The molecule has 2 aromatic heterocycles. The number of aromatic nitrogens is 3. The van der Waals surface area contributed by atoms with Gasteiger partial charge in [0.15, 0.2) is 5.65 Å². The van der Waals surface area contributed by atoms with Crippen molar-refractivity contribution < 1.29 is 4.39 Å². The van der Waals surface area contributed by atoms with Gasteiger partial charge in [0.25, 0.3) is 0 Å². The summed E-state index contributed by atoms with van der Waals surface area (Å²) in [5, 5.41) is 8.70. The second kappa shape index (κ2) is 6.08. The Labute approximate surface area is 152 Å². The molecule has 3 heterocycles. The molecule has 26 heavy (non-hydrogen) atoms. The van der Waals surface area contributed by atoms with Gasteiger partial charge in [-0.3, -0.25) is 4.40 Å². The molecule has 1 saturated carbocycles. The predicted molar refractivity (Wildman–Crippen MR) is 100 cm³/mol. The van der Waals surface area contributed by atoms with Crippen molar-refractivity contribution in [2.75, 3.05) is 18.0 Å². The highest BCUT2D eigenvalue weighted by Crippen LogP contribution is 2.38. The minimum absolute atomic E-state index is 0.516. The van der Waals surface area contributed by atoms with Crippen molar-refractivity contribution in [1.82, 2.24) is 14.6 Å². The zero-order valence-corrected chi connectivity index (χ0v) is 14.8. The first-order valence-corrected chi connectivity index (χ1v) is 9.54. The molecular weight excluding hydrogens is 327 g/mol. The number of nitrogens with zero attached hydrogens (tertiary/aromatic N) is 4. The Morgan fingerprint density at radius 2 is 1.81 bits per heavy atom. The lowest BCUT2D eigenvalue weighted by molar-refractivity contribution is 0.125. The summed E-state index contributed by atoms with van der Waals surface area (Å²) in [5.74, 6) is 1.85. The van der Waals surface area contributed by atoms with Crippen LogP contribution in [-0.2, 0) is 12.1 Å². The van der Waals surface area contributed by atoms with Crippen molar-refractivity contribution in [3.05, 3.63) is 60.0 Å². The molecule has 5 heteroatoms. The van der Waals surface area contributed by atoms with Gasteiger partial charge in [-0.1, -0.05) is 30.3 Å². The third-order valence-corrected chi connectivity index (χ3v) is 5.84. The molecule has 2 aliphatic rings. The predicted octanol–water partition coefficient (Wildman–Crippen LogP) is 4.15. The summed E-state index contributed by atoms with van der Waals surface area (Å²) in [7, 11) is 0. The van der Waals surface area contributed by atoms with Crippen LogP contribution in [-0.4, -0.2) is 27.7 Å². The van der Waals surface area contributed by atoms with E-state index in [9.17, 15) is 0 Å². The number of hydrogen-bond acceptors (Lipinski definition) is 3. The molecule has 1 aromatic carbocycles. The van der Waals surface area contributed by atoms with E-state index in [1.807, 2.05) is 30.3 Å². The second-order valence-corrected chi connectivity index (χ2v) is 7.70. The molecule has 0 bridgehead atoms. The Kier molecular flexibility index (Phi) is 3.69. The number of alkyl halides is 1. The Bertz CT molecular complexity index is 908. The molecule has 0 radical (unpaired) electrons. The molecule has 0 atom stereocenters. The number of fused-ring (bicyclic) bond motifs is 1. The highest BCUT2D eigenvalue weighted by molar-refractivity contribution is 5.56. The van der Waals surface area contributed by atoms with E-state index in [-0.39, 0.29) is 0 Å². The first-order chi connectivity index (χ1) is 12.7. The van der Waals surface area contributed by atoms with Crippen molar-refractivity contribution in [3.8, 4) is 0 Å². The van der Waals surface area contributed by atoms with Gasteiger partial charge in [-0.15, -0.1) is 10.2 Å². The second-order valence-electron chi connectivity index (χ2n) is 7.70. The summed E-state index contributed by atoms with van der Waals surface area (Å²) in [4.78, 5) is 2.26. The maximum atomic E-state index is 15.3. The third-order valence-electron chi connectivity index (χ3n) is 5.84. The fourth-order valence-corrected chi connectivity index (χ4v) is 3.99. The highest BCUT2D eigenvalue weighted by atomic mass is 19.1. The molecule has 0 amide bonds. The molecule has 3 aromatic rings. The van der Waals surface area contributed by atoms with Gasteiger partial charge in [-0.25, -0.2) is 4.39 Å². The summed E-state index contributed by atoms with van der Waals surface area (Å²) < 4.78 is 17.4. The SMILES string of the molecule is FC1(c2ccccc2)CCN(c2ccn3c(CC4CC4)nnc3c2)CC1. The number of halogens is 1. The van der Waals surface area contributed by atoms with Crippen LogP contribution in [0.2, 0.25) is 0 Å². The largest absolute Gasteiger partial charge is 0.371 e. The van der Waals surface area contributed by atoms with Crippen molar-refractivity contribution >= 4 is 11.3 Å². The van der Waals surface area contributed by atoms with Crippen LogP contribution in [0.1, 0.15) is 37.1 Å². The fourth-order valence-electron chi connectivity index (χ4n) is 3.99. The average molecular weight is 350 g/mol. The quantitative estimate of drug-likeness (QED) is 0.709. The molecule has 0 unspecified atom stereocenters. The number of benzene rings is 1. The minimum Gasteiger partial charge on any atom is -0.371 e. The number of anilines is 1. The number of hydrogen-bond donors (Lipinski definition) is 0. The van der Waals surface area contributed by atoms with E-state index in [1.54, 1.807) is 0 Å². The maximum Gasteiger partial charge on any atom is 0.162 e. The van der Waals surface area contributed by atoms with Gasteiger partial charge < -0.3 is 4.90 Å². The summed E-state index contributed by atoms with van der Waals surface area (Å²) in [6.07, 6.45) is 6.74. The Hall–Kier alpha value is -2.43. The van der Waals surface area contributed by atoms with Crippen LogP contribution in [0, 0.1) is 5.92 Å². The molecule has 1 aliphatic carbocycles. The minimum atomic E-state index is -1.21. The molecule has 0 spiro atoms. The maximum absolute atomic E-state index is 15.3. The normalized spacial score (nSPS) is 19.8. The summed E-state index contributed by atoms with van der Waals surface area (Å²) in [6.45, 7) is 1.43. The van der Waals surface area contributed by atoms with Gasteiger partial charge in [-0.05, 0) is 30.4 Å². The Balaban J connectivity index is 1.33. The summed E-state index contributed by atoms with van der Waals surface area (Å²) in [6, 6.07) is 13.8. The fraction of sp³-hybridized carbons (Fsp3) is 0.429. The van der Waals surface area contributed by atoms with Gasteiger partial charge in [0.2, 0.25) is 0 Å². The van der Waals surface area contributed by atoms with Crippen LogP contribution >= 0.6 is 0 Å². The van der Waals surface area contributed by atoms with Gasteiger partial charge in [-0.2, -0.15) is 0 Å². The van der Waals surface area contributed by atoms with Crippen LogP contribution in [0.4, 0.5) is 10.1 Å². The van der Waals surface area contributed by atoms with Gasteiger partial charge >= 0.3 is 0 Å². The number of pyridine rings is 1. The summed E-state index contributed by atoms with van der Waals surface area (Å²) >= 11 is 0. The average Bonchev–Trinajstić information content (AvgIpc) is 3.42. The lowest BCUT2D eigenvalue weighted by Crippen LogP contribution is -2.40. The van der Waals surface area contributed by atoms with E-state index in [4.69, 9.17) is 0 Å². The van der Waals surface area contributed by atoms with E-state index in [0.29, 0.717) is 25.9 Å². The van der Waals surface area contributed by atoms with E-state index >= 15 is 4.39 Å². The van der Waals surface area contributed by atoms with E-state index in [2.05, 4.69) is 37.8 Å². The third kappa shape index (κ3) is 2.85. The van der Waals surface area contributed by atoms with Crippen molar-refractivity contribution in [2.45, 2.75) is 37.8 Å². The van der Waals surface area contributed by atoms with Crippen molar-refractivity contribution in [3.63, 3.8) is 0 Å². The monoisotopic (exact) mass is 350 g/mol. The van der Waals surface area contributed by atoms with Crippen LogP contribution in [0.15, 0.2) is 48.7 Å². The van der Waals surface area contributed by atoms with Gasteiger partial charge in [0.05, 0.1) is 0 Å². The smallest absolute Gasteiger partial charge is 0.162 e. The highest BCUT2D eigenvalue weighted by Gasteiger charge is 2.36. The zero-order chi connectivity index (χ0) is 17.6. The lowest BCUT2D eigenvalue weighted by Gasteiger charge is -2.38. The molecule has 4 nitrogen and oxygen atoms in total. The van der Waals surface area contributed by atoms with E-state index in [1.165, 1.54) is 12.8 Å². The van der Waals surface area contributed by atoms with E-state index < -0.39 is 5.67 Å². The Morgan fingerprint density at radius 1 is 1.04 bits per heavy atom. The standard InChI is InChI=1S/C21H23FN4/c22-21(17-4-2-1-3-5-17)9-12-25(13-10-21)18-8-11-26-19(14-16-6-7-16)23-24-20(26)15-18/h1-5,8,11,15-16H,6-7,9-10,12-14H2. The van der Waals surface area contributed by atoms with Crippen LogP contribution in [0.5, 0.6) is 0 Å². The molecule has 2 fully saturated rings. The van der Waals surface area contributed by atoms with E-state index in [0.717, 1.165) is 35.1 Å². The number of piperidine rings is 1. The van der Waals surface area contributed by atoms with Crippen LogP contribution in [0.25, 0.3) is 5.65 Å². The number of rotatable bonds is 4. The first kappa shape index (κ1) is 15.8. The molecule has 1 saturated heterocycles. The molecule has 1 aliphatic heterocycles. The lowest BCUT2D eigenvalue weighted by atomic mass is 9.86. The Morgan fingerprint density at radius 3 is 2.54 bits per heavy atom. The molecule has 134 valence electrons.